The van der Waals surface area contributed by atoms with Gasteiger partial charge < -0.3 is 15.4 Å². The van der Waals surface area contributed by atoms with Gasteiger partial charge in [-0.1, -0.05) is 18.2 Å². The molecule has 2 aromatic carbocycles. The highest BCUT2D eigenvalue weighted by atomic mass is 16.5. The van der Waals surface area contributed by atoms with Crippen molar-refractivity contribution >= 4 is 17.6 Å². The van der Waals surface area contributed by atoms with Crippen LogP contribution >= 0.6 is 0 Å². The Morgan fingerprint density at radius 2 is 1.73 bits per heavy atom. The van der Waals surface area contributed by atoms with E-state index in [0.29, 0.717) is 11.1 Å². The van der Waals surface area contributed by atoms with Gasteiger partial charge in [-0.15, -0.1) is 0 Å². The number of rotatable bonds is 5. The fourth-order valence-corrected chi connectivity index (χ4v) is 1.91. The number of benzene rings is 2. The molecule has 0 bridgehead atoms. The van der Waals surface area contributed by atoms with Gasteiger partial charge in [0.15, 0.2) is 0 Å². The lowest BCUT2D eigenvalue weighted by Crippen LogP contribution is -2.11. The summed E-state index contributed by atoms with van der Waals surface area (Å²) in [5.41, 5.74) is 7.82. The van der Waals surface area contributed by atoms with Crippen LogP contribution in [-0.2, 0) is 11.3 Å². The van der Waals surface area contributed by atoms with E-state index in [-0.39, 0.29) is 12.6 Å². The number of carbonyl (C=O) groups excluding carboxylic acids is 2. The van der Waals surface area contributed by atoms with Crippen molar-refractivity contribution in [1.29, 1.82) is 0 Å². The van der Waals surface area contributed by atoms with Gasteiger partial charge in [-0.3, -0.25) is 4.79 Å². The number of nitrogens with two attached hydrogens (primary N) is 1. The number of nitrogens with zero attached hydrogens (tertiary/aromatic N) is 1. The molecular weight excluding hydrogens is 280 g/mol. The second kappa shape index (κ2) is 6.76. The molecule has 0 atom stereocenters. The Morgan fingerprint density at radius 3 is 2.32 bits per heavy atom. The third-order valence-electron chi connectivity index (χ3n) is 3.21. The maximum atomic E-state index is 12.1. The Kier molecular flexibility index (Phi) is 4.78. The molecule has 2 rings (SSSR count). The van der Waals surface area contributed by atoms with Gasteiger partial charge in [-0.2, -0.15) is 0 Å². The van der Waals surface area contributed by atoms with Crippen LogP contribution in [0.15, 0.2) is 48.5 Å². The predicted octanol–water partition coefficient (Wildman–Crippen LogP) is 2.21. The summed E-state index contributed by atoms with van der Waals surface area (Å²) in [5.74, 6) is -0.869. The van der Waals surface area contributed by atoms with Crippen LogP contribution in [0.2, 0.25) is 0 Å². The summed E-state index contributed by atoms with van der Waals surface area (Å²) in [7, 11) is 3.81. The van der Waals surface area contributed by atoms with Crippen LogP contribution in [0.3, 0.4) is 0 Å². The number of primary amides is 1. The molecule has 0 saturated carbocycles. The Bertz CT molecular complexity index is 679. The van der Waals surface area contributed by atoms with Crippen LogP contribution in [0.5, 0.6) is 0 Å². The van der Waals surface area contributed by atoms with Crippen LogP contribution in [0.25, 0.3) is 0 Å². The van der Waals surface area contributed by atoms with Gasteiger partial charge in [0.05, 0.1) is 5.56 Å². The van der Waals surface area contributed by atoms with Crippen molar-refractivity contribution in [1.82, 2.24) is 0 Å². The van der Waals surface area contributed by atoms with Gasteiger partial charge in [0.1, 0.15) is 6.61 Å². The Morgan fingerprint density at radius 1 is 1.05 bits per heavy atom. The fraction of sp³-hybridized carbons (Fsp3) is 0.176. The number of hydrogen-bond acceptors (Lipinski definition) is 4. The number of amides is 1. The number of anilines is 1. The molecular formula is C17H18N2O3. The molecule has 0 radical (unpaired) electrons. The molecule has 0 aromatic heterocycles. The maximum Gasteiger partial charge on any atom is 0.338 e. The quantitative estimate of drug-likeness (QED) is 0.859. The summed E-state index contributed by atoms with van der Waals surface area (Å²) in [4.78, 5) is 25.0. The standard InChI is InChI=1S/C17H18N2O3/c1-19(2)15-5-3-4-14(10-15)17(21)22-11-12-6-8-13(9-7-12)16(18)20/h3-10H,11H2,1-2H3,(H2,18,20). The van der Waals surface area contributed by atoms with Crippen molar-refractivity contribution in [2.45, 2.75) is 6.61 Å². The van der Waals surface area contributed by atoms with Gasteiger partial charge in [0.2, 0.25) is 5.91 Å². The average Bonchev–Trinajstić information content (AvgIpc) is 2.53. The number of carbonyl (C=O) groups is 2. The first-order chi connectivity index (χ1) is 10.5. The van der Waals surface area contributed by atoms with Crippen LogP contribution in [0.4, 0.5) is 5.69 Å². The predicted molar refractivity (Wildman–Crippen MR) is 84.8 cm³/mol. The highest BCUT2D eigenvalue weighted by Gasteiger charge is 2.09. The van der Waals surface area contributed by atoms with E-state index in [2.05, 4.69) is 0 Å². The summed E-state index contributed by atoms with van der Waals surface area (Å²) in [6.07, 6.45) is 0. The van der Waals surface area contributed by atoms with Crippen molar-refractivity contribution < 1.29 is 14.3 Å². The highest BCUT2D eigenvalue weighted by Crippen LogP contribution is 2.15. The minimum atomic E-state index is -0.482. The van der Waals surface area contributed by atoms with Crippen LogP contribution in [0.1, 0.15) is 26.3 Å². The summed E-state index contributed by atoms with van der Waals surface area (Å²) in [6.45, 7) is 0.143. The molecule has 2 N–H and O–H groups in total. The molecule has 2 aromatic rings. The largest absolute Gasteiger partial charge is 0.457 e. The summed E-state index contributed by atoms with van der Waals surface area (Å²) in [6, 6.07) is 13.9. The summed E-state index contributed by atoms with van der Waals surface area (Å²) >= 11 is 0. The summed E-state index contributed by atoms with van der Waals surface area (Å²) in [5, 5.41) is 0. The van der Waals surface area contributed by atoms with Crippen molar-refractivity contribution in [3.8, 4) is 0 Å². The van der Waals surface area contributed by atoms with Gasteiger partial charge in [-0.05, 0) is 35.9 Å². The first-order valence-corrected chi connectivity index (χ1v) is 6.80. The first-order valence-electron chi connectivity index (χ1n) is 6.80. The lowest BCUT2D eigenvalue weighted by molar-refractivity contribution is 0.0472. The second-order valence-corrected chi connectivity index (χ2v) is 5.08. The number of hydrogen-bond donors (Lipinski definition) is 1. The summed E-state index contributed by atoms with van der Waals surface area (Å²) < 4.78 is 5.28. The van der Waals surface area contributed by atoms with E-state index in [1.54, 1.807) is 36.4 Å². The Hall–Kier alpha value is -2.82. The van der Waals surface area contributed by atoms with Gasteiger partial charge in [0.25, 0.3) is 0 Å². The molecule has 0 spiro atoms. The second-order valence-electron chi connectivity index (χ2n) is 5.08. The van der Waals surface area contributed by atoms with E-state index >= 15 is 0 Å². The molecule has 0 fully saturated rings. The van der Waals surface area contributed by atoms with Gasteiger partial charge in [-0.25, -0.2) is 4.79 Å². The molecule has 1 amide bonds. The Balaban J connectivity index is 2.00. The highest BCUT2D eigenvalue weighted by molar-refractivity contribution is 5.92. The lowest BCUT2D eigenvalue weighted by atomic mass is 10.1. The molecule has 0 heterocycles. The molecule has 0 saturated heterocycles. The van der Waals surface area contributed by atoms with Gasteiger partial charge >= 0.3 is 5.97 Å². The lowest BCUT2D eigenvalue weighted by Gasteiger charge is -2.13. The Labute approximate surface area is 129 Å². The van der Waals surface area contributed by atoms with Crippen LogP contribution < -0.4 is 10.6 Å². The van der Waals surface area contributed by atoms with Crippen molar-refractivity contribution in [3.05, 3.63) is 65.2 Å². The van der Waals surface area contributed by atoms with Crippen LogP contribution in [0, 0.1) is 0 Å². The first kappa shape index (κ1) is 15.6. The maximum absolute atomic E-state index is 12.1. The molecule has 0 aliphatic carbocycles. The average molecular weight is 298 g/mol. The van der Waals surface area contributed by atoms with E-state index in [0.717, 1.165) is 11.3 Å². The van der Waals surface area contributed by atoms with E-state index in [1.165, 1.54) is 0 Å². The van der Waals surface area contributed by atoms with Crippen molar-refractivity contribution in [2.24, 2.45) is 5.73 Å². The van der Waals surface area contributed by atoms with E-state index in [1.807, 2.05) is 31.1 Å². The molecule has 22 heavy (non-hydrogen) atoms. The monoisotopic (exact) mass is 298 g/mol. The molecule has 0 aliphatic rings. The topological polar surface area (TPSA) is 72.6 Å². The number of esters is 1. The minimum absolute atomic E-state index is 0.143. The molecule has 0 aliphatic heterocycles. The van der Waals surface area contributed by atoms with E-state index in [4.69, 9.17) is 10.5 Å². The molecule has 5 heteroatoms. The van der Waals surface area contributed by atoms with Crippen LogP contribution in [-0.4, -0.2) is 26.0 Å². The third kappa shape index (κ3) is 3.85. The zero-order chi connectivity index (χ0) is 16.1. The van der Waals surface area contributed by atoms with E-state index < -0.39 is 5.91 Å². The molecule has 5 nitrogen and oxygen atoms in total. The minimum Gasteiger partial charge on any atom is -0.457 e. The normalized spacial score (nSPS) is 10.1. The van der Waals surface area contributed by atoms with Gasteiger partial charge in [0, 0.05) is 25.3 Å². The van der Waals surface area contributed by atoms with Crippen molar-refractivity contribution in [3.63, 3.8) is 0 Å². The van der Waals surface area contributed by atoms with E-state index in [9.17, 15) is 9.59 Å². The zero-order valence-corrected chi connectivity index (χ0v) is 12.6. The fourth-order valence-electron chi connectivity index (χ4n) is 1.91. The molecule has 0 unspecified atom stereocenters. The smallest absolute Gasteiger partial charge is 0.338 e. The third-order valence-corrected chi connectivity index (χ3v) is 3.21. The van der Waals surface area contributed by atoms with Crippen molar-refractivity contribution in [2.75, 3.05) is 19.0 Å². The number of ether oxygens (including phenoxy) is 1. The molecule has 114 valence electrons. The zero-order valence-electron chi connectivity index (χ0n) is 12.6. The SMILES string of the molecule is CN(C)c1cccc(C(=O)OCc2ccc(C(N)=O)cc2)c1.